The predicted octanol–water partition coefficient (Wildman–Crippen LogP) is 5.35. The number of nitrogens with one attached hydrogen (secondary N) is 2. The van der Waals surface area contributed by atoms with Crippen LogP contribution in [0.5, 0.6) is 0 Å². The molecule has 8 heteroatoms. The molecule has 0 spiro atoms. The highest BCUT2D eigenvalue weighted by atomic mass is 35.5. The summed E-state index contributed by atoms with van der Waals surface area (Å²) in [6.07, 6.45) is 0. The molecule has 0 unspecified atom stereocenters. The van der Waals surface area contributed by atoms with Crippen LogP contribution in [0.4, 0.5) is 11.4 Å². The zero-order valence-electron chi connectivity index (χ0n) is 14.7. The molecule has 28 heavy (non-hydrogen) atoms. The van der Waals surface area contributed by atoms with Crippen LogP contribution in [0.2, 0.25) is 10.0 Å². The van der Waals surface area contributed by atoms with Crippen LogP contribution in [0.1, 0.15) is 15.9 Å². The van der Waals surface area contributed by atoms with Crippen LogP contribution in [0, 0.1) is 6.92 Å². The Morgan fingerprint density at radius 2 is 1.61 bits per heavy atom. The van der Waals surface area contributed by atoms with Crippen LogP contribution < -0.4 is 10.0 Å². The summed E-state index contributed by atoms with van der Waals surface area (Å²) in [5, 5.41) is 3.14. The first-order valence-electron chi connectivity index (χ1n) is 8.21. The lowest BCUT2D eigenvalue weighted by atomic mass is 10.1. The van der Waals surface area contributed by atoms with Crippen molar-refractivity contribution in [1.29, 1.82) is 0 Å². The quantitative estimate of drug-likeness (QED) is 0.567. The Morgan fingerprint density at radius 1 is 0.929 bits per heavy atom. The minimum atomic E-state index is -3.92. The van der Waals surface area contributed by atoms with Crippen molar-refractivity contribution in [2.75, 3.05) is 10.0 Å². The molecule has 3 aromatic carbocycles. The van der Waals surface area contributed by atoms with Crippen LogP contribution in [0.15, 0.2) is 71.6 Å². The van der Waals surface area contributed by atoms with Gasteiger partial charge in [-0.1, -0.05) is 41.4 Å². The summed E-state index contributed by atoms with van der Waals surface area (Å²) in [6.45, 7) is 1.90. The zero-order chi connectivity index (χ0) is 20.3. The minimum Gasteiger partial charge on any atom is -0.322 e. The first-order valence-corrected chi connectivity index (χ1v) is 10.4. The lowest BCUT2D eigenvalue weighted by molar-refractivity contribution is 0.102. The van der Waals surface area contributed by atoms with E-state index in [1.54, 1.807) is 0 Å². The van der Waals surface area contributed by atoms with Gasteiger partial charge in [0.15, 0.2) is 0 Å². The lowest BCUT2D eigenvalue weighted by Crippen LogP contribution is -2.15. The molecule has 0 aliphatic carbocycles. The first-order chi connectivity index (χ1) is 13.3. The molecule has 0 atom stereocenters. The Labute approximate surface area is 173 Å². The van der Waals surface area contributed by atoms with Gasteiger partial charge in [0.2, 0.25) is 0 Å². The second-order valence-corrected chi connectivity index (χ2v) is 8.52. The van der Waals surface area contributed by atoms with Crippen molar-refractivity contribution in [3.05, 3.63) is 87.9 Å². The second kappa shape index (κ2) is 8.22. The number of para-hydroxylation sites is 1. The number of carbonyl (C=O) groups excluding carboxylic acids is 1. The lowest BCUT2D eigenvalue weighted by Gasteiger charge is -2.11. The van der Waals surface area contributed by atoms with Gasteiger partial charge < -0.3 is 5.32 Å². The molecule has 0 saturated heterocycles. The highest BCUT2D eigenvalue weighted by molar-refractivity contribution is 7.92. The summed E-state index contributed by atoms with van der Waals surface area (Å²) in [7, 11) is -3.92. The summed E-state index contributed by atoms with van der Waals surface area (Å²) < 4.78 is 27.5. The number of amides is 1. The second-order valence-electron chi connectivity index (χ2n) is 6.03. The number of hydrogen-bond acceptors (Lipinski definition) is 3. The zero-order valence-corrected chi connectivity index (χ0v) is 17.1. The summed E-state index contributed by atoms with van der Waals surface area (Å²) in [5.74, 6) is -0.290. The van der Waals surface area contributed by atoms with Gasteiger partial charge in [0.25, 0.3) is 15.9 Å². The molecular formula is C20H16Cl2N2O3S. The van der Waals surface area contributed by atoms with Gasteiger partial charge in [0.05, 0.1) is 5.02 Å². The van der Waals surface area contributed by atoms with Crippen molar-refractivity contribution in [2.45, 2.75) is 11.8 Å². The van der Waals surface area contributed by atoms with Gasteiger partial charge in [-0.3, -0.25) is 9.52 Å². The molecule has 0 aliphatic heterocycles. The molecule has 0 fully saturated rings. The number of aryl methyl sites for hydroxylation is 1. The number of anilines is 2. The largest absolute Gasteiger partial charge is 0.322 e. The topological polar surface area (TPSA) is 75.3 Å². The highest BCUT2D eigenvalue weighted by Gasteiger charge is 2.19. The molecule has 3 aromatic rings. The molecule has 144 valence electrons. The van der Waals surface area contributed by atoms with Crippen molar-refractivity contribution in [1.82, 2.24) is 0 Å². The molecule has 3 rings (SSSR count). The molecule has 0 heterocycles. The third-order valence-corrected chi connectivity index (χ3v) is 6.07. The Bertz CT molecular complexity index is 1130. The van der Waals surface area contributed by atoms with Gasteiger partial charge in [-0.15, -0.1) is 0 Å². The molecule has 0 saturated carbocycles. The van der Waals surface area contributed by atoms with E-state index < -0.39 is 10.0 Å². The summed E-state index contributed by atoms with van der Waals surface area (Å²) in [5.41, 5.74) is 2.35. The molecule has 2 N–H and O–H groups in total. The SMILES string of the molecule is Cc1ccccc1NC(=O)c1ccc(NS(=O)(=O)c2cc(Cl)ccc2Cl)cc1. The van der Waals surface area contributed by atoms with E-state index in [1.165, 1.54) is 42.5 Å². The van der Waals surface area contributed by atoms with Gasteiger partial charge in [-0.2, -0.15) is 0 Å². The van der Waals surface area contributed by atoms with E-state index >= 15 is 0 Å². The van der Waals surface area contributed by atoms with E-state index in [1.807, 2.05) is 31.2 Å². The summed E-state index contributed by atoms with van der Waals surface area (Å²) in [6, 6.07) is 17.7. The molecule has 0 bridgehead atoms. The van der Waals surface area contributed by atoms with Crippen molar-refractivity contribution in [3.63, 3.8) is 0 Å². The molecule has 0 aliphatic rings. The van der Waals surface area contributed by atoms with Gasteiger partial charge in [0, 0.05) is 22.0 Å². The Balaban J connectivity index is 1.76. The maximum absolute atomic E-state index is 12.5. The van der Waals surface area contributed by atoms with Crippen molar-refractivity contribution >= 4 is 50.5 Å². The van der Waals surface area contributed by atoms with Crippen molar-refractivity contribution in [3.8, 4) is 0 Å². The predicted molar refractivity (Wildman–Crippen MR) is 113 cm³/mol. The van der Waals surface area contributed by atoms with Gasteiger partial charge in [-0.05, 0) is 61.0 Å². The van der Waals surface area contributed by atoms with Gasteiger partial charge in [-0.25, -0.2) is 8.42 Å². The number of carbonyl (C=O) groups is 1. The van der Waals surface area contributed by atoms with E-state index in [0.29, 0.717) is 16.9 Å². The minimum absolute atomic E-state index is 0.0612. The normalized spacial score (nSPS) is 11.1. The third-order valence-electron chi connectivity index (χ3n) is 3.98. The van der Waals surface area contributed by atoms with Crippen LogP contribution in [0.25, 0.3) is 0 Å². The molecule has 0 radical (unpaired) electrons. The summed E-state index contributed by atoms with van der Waals surface area (Å²) >= 11 is 11.8. The fraction of sp³-hybridized carbons (Fsp3) is 0.0500. The average Bonchev–Trinajstić information content (AvgIpc) is 2.65. The van der Waals surface area contributed by atoms with Crippen LogP contribution >= 0.6 is 23.2 Å². The maximum atomic E-state index is 12.5. The van der Waals surface area contributed by atoms with Gasteiger partial charge in [0.1, 0.15) is 4.90 Å². The molecular weight excluding hydrogens is 419 g/mol. The monoisotopic (exact) mass is 434 g/mol. The van der Waals surface area contributed by atoms with Crippen LogP contribution in [-0.4, -0.2) is 14.3 Å². The first kappa shape index (κ1) is 20.2. The van der Waals surface area contributed by atoms with Crippen molar-refractivity contribution in [2.24, 2.45) is 0 Å². The fourth-order valence-corrected chi connectivity index (χ4v) is 4.31. The van der Waals surface area contributed by atoms with E-state index in [0.717, 1.165) is 5.56 Å². The number of halogens is 2. The van der Waals surface area contributed by atoms with Crippen LogP contribution in [-0.2, 0) is 10.0 Å². The van der Waals surface area contributed by atoms with Crippen molar-refractivity contribution < 1.29 is 13.2 Å². The summed E-state index contributed by atoms with van der Waals surface area (Å²) in [4.78, 5) is 12.3. The average molecular weight is 435 g/mol. The van der Waals surface area contributed by atoms with E-state index in [2.05, 4.69) is 10.0 Å². The van der Waals surface area contributed by atoms with E-state index in [4.69, 9.17) is 23.2 Å². The van der Waals surface area contributed by atoms with E-state index in [9.17, 15) is 13.2 Å². The fourth-order valence-electron chi connectivity index (χ4n) is 2.49. The maximum Gasteiger partial charge on any atom is 0.263 e. The van der Waals surface area contributed by atoms with Crippen LogP contribution in [0.3, 0.4) is 0 Å². The molecule has 0 aromatic heterocycles. The van der Waals surface area contributed by atoms with Gasteiger partial charge >= 0.3 is 0 Å². The molecule has 5 nitrogen and oxygen atoms in total. The standard InChI is InChI=1S/C20H16Cl2N2O3S/c1-13-4-2-3-5-18(13)23-20(25)14-6-9-16(10-7-14)24-28(26,27)19-12-15(21)8-11-17(19)22/h2-12,24H,1H3,(H,23,25). The number of sulfonamides is 1. The van der Waals surface area contributed by atoms with E-state index in [-0.39, 0.29) is 20.8 Å². The third kappa shape index (κ3) is 4.65. The number of rotatable bonds is 5. The highest BCUT2D eigenvalue weighted by Crippen LogP contribution is 2.27. The number of benzene rings is 3. The molecule has 1 amide bonds. The Kier molecular flexibility index (Phi) is 5.93. The smallest absolute Gasteiger partial charge is 0.263 e. The number of hydrogen-bond donors (Lipinski definition) is 2. The Morgan fingerprint density at radius 3 is 2.29 bits per heavy atom. The Hall–Kier alpha value is -2.54.